The molecule has 1 aromatic heterocycles. The van der Waals surface area contributed by atoms with Gasteiger partial charge in [0.25, 0.3) is 0 Å². The second kappa shape index (κ2) is 6.04. The van der Waals surface area contributed by atoms with E-state index in [9.17, 15) is 4.79 Å². The minimum atomic E-state index is -0.132. The number of carbonyl (C=O) groups excluding carboxylic acids is 1. The number of ether oxygens (including phenoxy) is 1. The summed E-state index contributed by atoms with van der Waals surface area (Å²) in [5.41, 5.74) is 1.88. The molecule has 4 bridgehead atoms. The van der Waals surface area contributed by atoms with E-state index in [2.05, 4.69) is 36.3 Å². The van der Waals surface area contributed by atoms with Crippen LogP contribution in [-0.4, -0.2) is 30.1 Å². The maximum atomic E-state index is 13.6. The normalized spacial score (nSPS) is 45.2. The highest BCUT2D eigenvalue weighted by Crippen LogP contribution is 2.69. The molecule has 4 aliphatic carbocycles. The number of rotatable bonds is 4. The average Bonchev–Trinajstić information content (AvgIpc) is 2.99. The van der Waals surface area contributed by atoms with Crippen molar-refractivity contribution in [1.82, 2.24) is 10.3 Å². The molecule has 1 aromatic rings. The van der Waals surface area contributed by atoms with E-state index in [1.807, 2.05) is 12.4 Å². The molecule has 2 heterocycles. The molecule has 0 spiro atoms. The fourth-order valence-corrected chi connectivity index (χ4v) is 7.80. The van der Waals surface area contributed by atoms with Crippen LogP contribution < -0.4 is 5.32 Å². The van der Waals surface area contributed by atoms with Crippen molar-refractivity contribution < 1.29 is 9.53 Å². The summed E-state index contributed by atoms with van der Waals surface area (Å²) in [7, 11) is 0. The summed E-state index contributed by atoms with van der Waals surface area (Å²) in [6.45, 7) is 6.25. The fourth-order valence-electron chi connectivity index (χ4n) is 7.80. The Hall–Kier alpha value is -1.42. The number of carbonyl (C=O) groups is 1. The first-order chi connectivity index (χ1) is 12.9. The van der Waals surface area contributed by atoms with Gasteiger partial charge in [-0.1, -0.05) is 13.8 Å². The average molecular weight is 369 g/mol. The Bertz CT molecular complexity index is 715. The molecular formula is C23H32N2O2. The molecule has 4 atom stereocenters. The summed E-state index contributed by atoms with van der Waals surface area (Å²) in [6, 6.07) is 4.27. The van der Waals surface area contributed by atoms with Crippen LogP contribution in [0.1, 0.15) is 57.9 Å². The first-order valence-electron chi connectivity index (χ1n) is 10.6. The molecule has 27 heavy (non-hydrogen) atoms. The molecule has 0 radical (unpaired) electrons. The molecule has 1 N–H and O–H groups in total. The largest absolute Gasteiger partial charge is 0.379 e. The van der Waals surface area contributed by atoms with Crippen molar-refractivity contribution in [2.24, 2.45) is 28.1 Å². The third kappa shape index (κ3) is 3.10. The molecule has 1 saturated heterocycles. The molecule has 4 nitrogen and oxygen atoms in total. The van der Waals surface area contributed by atoms with Crippen LogP contribution in [-0.2, 0) is 16.0 Å². The van der Waals surface area contributed by atoms with Crippen molar-refractivity contribution in [2.75, 3.05) is 13.2 Å². The van der Waals surface area contributed by atoms with E-state index >= 15 is 0 Å². The van der Waals surface area contributed by atoms with Crippen LogP contribution in [0.4, 0.5) is 0 Å². The first-order valence-corrected chi connectivity index (χ1v) is 10.6. The molecule has 146 valence electrons. The van der Waals surface area contributed by atoms with Crippen LogP contribution in [0.15, 0.2) is 24.5 Å². The lowest BCUT2D eigenvalue weighted by molar-refractivity contribution is -0.170. The van der Waals surface area contributed by atoms with Gasteiger partial charge < -0.3 is 10.1 Å². The van der Waals surface area contributed by atoms with Gasteiger partial charge in [-0.2, -0.15) is 0 Å². The van der Waals surface area contributed by atoms with E-state index in [1.165, 1.54) is 24.8 Å². The summed E-state index contributed by atoms with van der Waals surface area (Å²) in [5.74, 6) is 1.42. The van der Waals surface area contributed by atoms with Crippen molar-refractivity contribution in [1.29, 1.82) is 0 Å². The van der Waals surface area contributed by atoms with Crippen molar-refractivity contribution in [3.63, 3.8) is 0 Å². The Labute approximate surface area is 162 Å². The van der Waals surface area contributed by atoms with Gasteiger partial charge in [0.05, 0.1) is 24.7 Å². The molecular weight excluding hydrogens is 336 g/mol. The Balaban J connectivity index is 1.31. The van der Waals surface area contributed by atoms with E-state index in [4.69, 9.17) is 4.74 Å². The molecule has 2 unspecified atom stereocenters. The molecule has 1 amide bonds. The van der Waals surface area contributed by atoms with Crippen LogP contribution >= 0.6 is 0 Å². The zero-order chi connectivity index (χ0) is 18.7. The first kappa shape index (κ1) is 17.7. The van der Waals surface area contributed by atoms with E-state index in [0.717, 1.165) is 38.2 Å². The third-order valence-electron chi connectivity index (χ3n) is 7.87. The number of hydrogen-bond acceptors (Lipinski definition) is 3. The zero-order valence-corrected chi connectivity index (χ0v) is 16.7. The van der Waals surface area contributed by atoms with Gasteiger partial charge >= 0.3 is 0 Å². The van der Waals surface area contributed by atoms with Gasteiger partial charge in [-0.25, -0.2) is 0 Å². The van der Waals surface area contributed by atoms with Crippen LogP contribution in [0.2, 0.25) is 0 Å². The lowest BCUT2D eigenvalue weighted by Crippen LogP contribution is -2.61. The highest BCUT2D eigenvalue weighted by Gasteiger charge is 2.62. The molecule has 4 heteroatoms. The lowest BCUT2D eigenvalue weighted by atomic mass is 9.40. The van der Waals surface area contributed by atoms with Crippen LogP contribution in [0.25, 0.3) is 0 Å². The second-order valence-electron chi connectivity index (χ2n) is 10.8. The van der Waals surface area contributed by atoms with Crippen LogP contribution in [0, 0.1) is 28.1 Å². The van der Waals surface area contributed by atoms with Crippen molar-refractivity contribution >= 4 is 5.91 Å². The van der Waals surface area contributed by atoms with Crippen LogP contribution in [0.3, 0.4) is 0 Å². The maximum absolute atomic E-state index is 13.6. The second-order valence-corrected chi connectivity index (χ2v) is 10.8. The van der Waals surface area contributed by atoms with Gasteiger partial charge in [0, 0.05) is 18.3 Å². The molecule has 0 aromatic carbocycles. The predicted octanol–water partition coefficient (Wildman–Crippen LogP) is 3.75. The lowest BCUT2D eigenvalue weighted by Gasteiger charge is -2.64. The van der Waals surface area contributed by atoms with Gasteiger partial charge in [-0.3, -0.25) is 9.78 Å². The van der Waals surface area contributed by atoms with E-state index in [-0.39, 0.29) is 11.5 Å². The number of hydrogen-bond donors (Lipinski definition) is 1. The van der Waals surface area contributed by atoms with E-state index < -0.39 is 0 Å². The summed E-state index contributed by atoms with van der Waals surface area (Å²) < 4.78 is 5.77. The summed E-state index contributed by atoms with van der Waals surface area (Å²) in [4.78, 5) is 17.7. The third-order valence-corrected chi connectivity index (χ3v) is 7.87. The number of aromatic nitrogens is 1. The minimum Gasteiger partial charge on any atom is -0.379 e. The smallest absolute Gasteiger partial charge is 0.226 e. The Kier molecular flexibility index (Phi) is 3.95. The Morgan fingerprint density at radius 3 is 2.48 bits per heavy atom. The van der Waals surface area contributed by atoms with Crippen molar-refractivity contribution in [3.8, 4) is 0 Å². The fraction of sp³-hybridized carbons (Fsp3) is 0.739. The predicted molar refractivity (Wildman–Crippen MR) is 104 cm³/mol. The van der Waals surface area contributed by atoms with Gasteiger partial charge in [0.1, 0.15) is 0 Å². The molecule has 6 rings (SSSR count). The summed E-state index contributed by atoms with van der Waals surface area (Å²) in [5, 5.41) is 3.46. The monoisotopic (exact) mass is 368 g/mol. The maximum Gasteiger partial charge on any atom is 0.226 e. The SMILES string of the molecule is CC12CC3CC(C)(C1)CC(C(=O)N[C@@H]1COC[C@H]1Cc1ccncc1)(C3)C2. The van der Waals surface area contributed by atoms with Crippen molar-refractivity contribution in [2.45, 2.75) is 64.8 Å². The summed E-state index contributed by atoms with van der Waals surface area (Å²) >= 11 is 0. The topological polar surface area (TPSA) is 51.2 Å². The summed E-state index contributed by atoms with van der Waals surface area (Å²) in [6.07, 6.45) is 11.9. The van der Waals surface area contributed by atoms with E-state index in [0.29, 0.717) is 29.3 Å². The highest BCUT2D eigenvalue weighted by atomic mass is 16.5. The molecule has 4 saturated carbocycles. The zero-order valence-electron chi connectivity index (χ0n) is 16.7. The molecule has 1 aliphatic heterocycles. The standard InChI is InChI=1S/C23H32N2O2/c1-21-8-17-9-22(2,13-21)15-23(10-17,14-21)20(26)25-19-12-27-11-18(19)7-16-3-5-24-6-4-16/h3-6,17-19H,7-15H2,1-2H3,(H,25,26)/t17?,18-,19-,21?,22?,23?/m1/s1. The number of amides is 1. The van der Waals surface area contributed by atoms with Crippen molar-refractivity contribution in [3.05, 3.63) is 30.1 Å². The van der Waals surface area contributed by atoms with Gasteiger partial charge in [0.2, 0.25) is 5.91 Å². The van der Waals surface area contributed by atoms with Gasteiger partial charge in [-0.05, 0) is 79.4 Å². The van der Waals surface area contributed by atoms with Gasteiger partial charge in [-0.15, -0.1) is 0 Å². The number of nitrogens with zero attached hydrogens (tertiary/aromatic N) is 1. The Morgan fingerprint density at radius 2 is 1.81 bits per heavy atom. The number of pyridine rings is 1. The number of nitrogens with one attached hydrogen (secondary N) is 1. The molecule has 5 aliphatic rings. The quantitative estimate of drug-likeness (QED) is 0.880. The highest BCUT2D eigenvalue weighted by molar-refractivity contribution is 5.83. The Morgan fingerprint density at radius 1 is 1.11 bits per heavy atom. The van der Waals surface area contributed by atoms with E-state index in [1.54, 1.807) is 0 Å². The minimum absolute atomic E-state index is 0.132. The molecule has 5 fully saturated rings. The van der Waals surface area contributed by atoms with Gasteiger partial charge in [0.15, 0.2) is 0 Å². The van der Waals surface area contributed by atoms with Crippen LogP contribution in [0.5, 0.6) is 0 Å².